The van der Waals surface area contributed by atoms with Crippen LogP contribution in [0.2, 0.25) is 0 Å². The van der Waals surface area contributed by atoms with Crippen molar-refractivity contribution in [3.8, 4) is 16.9 Å². The number of aromatic nitrogens is 2. The van der Waals surface area contributed by atoms with Gasteiger partial charge in [0.2, 0.25) is 0 Å². The standard InChI is InChI=1S/C25H30N4O/c1-27(20-24(30)28-16-10-2-3-11-17-28)18-22-19-29(23-14-8-5-9-15-23)26-25(22)21-12-6-4-7-13-21/h4-9,12-15,19H,2-3,10-11,16-18,20H2,1H3/p+1. The van der Waals surface area contributed by atoms with Crippen LogP contribution >= 0.6 is 0 Å². The number of hydrogen-bond donors (Lipinski definition) is 1. The Kier molecular flexibility index (Phi) is 6.60. The molecule has 0 spiro atoms. The number of likely N-dealkylation sites (tertiary alicyclic amines) is 1. The fraction of sp³-hybridized carbons (Fsp3) is 0.360. The third kappa shape index (κ3) is 4.97. The molecule has 2 heterocycles. The van der Waals surface area contributed by atoms with E-state index in [2.05, 4.69) is 42.4 Å². The number of amides is 1. The summed E-state index contributed by atoms with van der Waals surface area (Å²) in [6.07, 6.45) is 6.86. The summed E-state index contributed by atoms with van der Waals surface area (Å²) < 4.78 is 1.95. The van der Waals surface area contributed by atoms with E-state index in [1.54, 1.807) is 0 Å². The van der Waals surface area contributed by atoms with E-state index in [0.29, 0.717) is 6.54 Å². The van der Waals surface area contributed by atoms with Crippen molar-refractivity contribution in [2.45, 2.75) is 32.2 Å². The minimum Gasteiger partial charge on any atom is -0.338 e. The number of rotatable bonds is 6. The second kappa shape index (κ2) is 9.72. The summed E-state index contributed by atoms with van der Waals surface area (Å²) in [6, 6.07) is 20.5. The van der Waals surface area contributed by atoms with Crippen LogP contribution in [0.15, 0.2) is 66.9 Å². The summed E-state index contributed by atoms with van der Waals surface area (Å²) in [5.41, 5.74) is 4.29. The van der Waals surface area contributed by atoms with Crippen LogP contribution in [-0.4, -0.2) is 47.3 Å². The molecule has 156 valence electrons. The van der Waals surface area contributed by atoms with Gasteiger partial charge in [0.25, 0.3) is 5.91 Å². The normalized spacial score (nSPS) is 15.6. The molecule has 0 radical (unpaired) electrons. The predicted octanol–water partition coefficient (Wildman–Crippen LogP) is 2.96. The van der Waals surface area contributed by atoms with Gasteiger partial charge in [0.15, 0.2) is 6.54 Å². The van der Waals surface area contributed by atoms with E-state index in [0.717, 1.165) is 55.0 Å². The van der Waals surface area contributed by atoms with Crippen molar-refractivity contribution in [1.29, 1.82) is 0 Å². The second-order valence-electron chi connectivity index (χ2n) is 8.25. The average Bonchev–Trinajstić information content (AvgIpc) is 2.99. The lowest BCUT2D eigenvalue weighted by Gasteiger charge is -2.22. The number of nitrogens with zero attached hydrogens (tertiary/aromatic N) is 3. The van der Waals surface area contributed by atoms with Gasteiger partial charge in [-0.15, -0.1) is 0 Å². The SMILES string of the molecule is C[NH+](CC(=O)N1CCCCCC1)Cc1cn(-c2ccccc2)nc1-c1ccccc1. The molecular formula is C25H31N4O+. The van der Waals surface area contributed by atoms with Gasteiger partial charge in [0.05, 0.1) is 18.3 Å². The highest BCUT2D eigenvalue weighted by Gasteiger charge is 2.21. The van der Waals surface area contributed by atoms with Gasteiger partial charge < -0.3 is 9.80 Å². The van der Waals surface area contributed by atoms with Crippen LogP contribution in [0.25, 0.3) is 16.9 Å². The molecule has 5 nitrogen and oxygen atoms in total. The zero-order chi connectivity index (χ0) is 20.8. The number of carbonyl (C=O) groups excluding carboxylic acids is 1. The van der Waals surface area contributed by atoms with Crippen molar-refractivity contribution in [2.24, 2.45) is 0 Å². The molecule has 5 heteroatoms. The number of para-hydroxylation sites is 1. The van der Waals surface area contributed by atoms with Gasteiger partial charge in [-0.3, -0.25) is 4.79 Å². The molecule has 1 aliphatic heterocycles. The Balaban J connectivity index is 1.53. The van der Waals surface area contributed by atoms with Crippen LogP contribution in [0.4, 0.5) is 0 Å². The zero-order valence-electron chi connectivity index (χ0n) is 17.8. The molecule has 2 aromatic carbocycles. The Morgan fingerprint density at radius 3 is 2.23 bits per heavy atom. The summed E-state index contributed by atoms with van der Waals surface area (Å²) in [4.78, 5) is 16.1. The van der Waals surface area contributed by atoms with E-state index >= 15 is 0 Å². The lowest BCUT2D eigenvalue weighted by Crippen LogP contribution is -3.08. The van der Waals surface area contributed by atoms with E-state index in [9.17, 15) is 4.79 Å². The van der Waals surface area contributed by atoms with Crippen LogP contribution in [0, 0.1) is 0 Å². The Hall–Kier alpha value is -2.92. The molecule has 0 bridgehead atoms. The zero-order valence-corrected chi connectivity index (χ0v) is 17.8. The van der Waals surface area contributed by atoms with E-state index < -0.39 is 0 Å². The number of benzene rings is 2. The van der Waals surface area contributed by atoms with Crippen LogP contribution < -0.4 is 4.90 Å². The minimum atomic E-state index is 0.270. The second-order valence-corrected chi connectivity index (χ2v) is 8.25. The van der Waals surface area contributed by atoms with E-state index in [1.807, 2.05) is 41.1 Å². The fourth-order valence-electron chi connectivity index (χ4n) is 4.17. The fourth-order valence-corrected chi connectivity index (χ4v) is 4.17. The molecule has 1 atom stereocenters. The summed E-state index contributed by atoms with van der Waals surface area (Å²) in [5.74, 6) is 0.270. The highest BCUT2D eigenvalue weighted by atomic mass is 16.2. The lowest BCUT2D eigenvalue weighted by molar-refractivity contribution is -0.885. The third-order valence-electron chi connectivity index (χ3n) is 5.76. The third-order valence-corrected chi connectivity index (χ3v) is 5.76. The van der Waals surface area contributed by atoms with Gasteiger partial charge in [0.1, 0.15) is 12.2 Å². The first-order valence-electron chi connectivity index (χ1n) is 11.0. The molecule has 1 amide bonds. The van der Waals surface area contributed by atoms with E-state index in [-0.39, 0.29) is 5.91 Å². The minimum absolute atomic E-state index is 0.270. The van der Waals surface area contributed by atoms with Gasteiger partial charge >= 0.3 is 0 Å². The number of nitrogens with one attached hydrogen (secondary N) is 1. The van der Waals surface area contributed by atoms with E-state index in [1.165, 1.54) is 17.7 Å². The van der Waals surface area contributed by atoms with Crippen molar-refractivity contribution < 1.29 is 9.69 Å². The van der Waals surface area contributed by atoms with Crippen LogP contribution in [0.1, 0.15) is 31.2 Å². The maximum Gasteiger partial charge on any atom is 0.277 e. The van der Waals surface area contributed by atoms with Gasteiger partial charge in [0, 0.05) is 24.8 Å². The molecular weight excluding hydrogens is 372 g/mol. The predicted molar refractivity (Wildman–Crippen MR) is 120 cm³/mol. The molecule has 0 saturated carbocycles. The molecule has 1 N–H and O–H groups in total. The van der Waals surface area contributed by atoms with Crippen molar-refractivity contribution >= 4 is 5.91 Å². The monoisotopic (exact) mass is 403 g/mol. The molecule has 1 unspecified atom stereocenters. The van der Waals surface area contributed by atoms with Crippen molar-refractivity contribution in [2.75, 3.05) is 26.7 Å². The molecule has 4 rings (SSSR count). The number of hydrogen-bond acceptors (Lipinski definition) is 2. The first-order chi connectivity index (χ1) is 14.7. The first-order valence-corrected chi connectivity index (χ1v) is 11.0. The Labute approximate surface area is 178 Å². The molecule has 3 aromatic rings. The van der Waals surface area contributed by atoms with Crippen LogP contribution in [-0.2, 0) is 11.3 Å². The van der Waals surface area contributed by atoms with Crippen LogP contribution in [0.5, 0.6) is 0 Å². The summed E-state index contributed by atoms with van der Waals surface area (Å²) in [5, 5.41) is 4.89. The molecule has 1 aliphatic rings. The Morgan fingerprint density at radius 2 is 1.57 bits per heavy atom. The summed E-state index contributed by atoms with van der Waals surface area (Å²) in [6.45, 7) is 3.10. The molecule has 1 fully saturated rings. The summed E-state index contributed by atoms with van der Waals surface area (Å²) >= 11 is 0. The maximum atomic E-state index is 12.8. The Morgan fingerprint density at radius 1 is 0.933 bits per heavy atom. The highest BCUT2D eigenvalue weighted by Crippen LogP contribution is 2.23. The largest absolute Gasteiger partial charge is 0.338 e. The molecule has 1 saturated heterocycles. The average molecular weight is 404 g/mol. The van der Waals surface area contributed by atoms with Crippen molar-refractivity contribution in [1.82, 2.24) is 14.7 Å². The van der Waals surface area contributed by atoms with E-state index in [4.69, 9.17) is 5.10 Å². The van der Waals surface area contributed by atoms with Crippen molar-refractivity contribution in [3.05, 3.63) is 72.4 Å². The van der Waals surface area contributed by atoms with Crippen molar-refractivity contribution in [3.63, 3.8) is 0 Å². The topological polar surface area (TPSA) is 42.6 Å². The molecule has 30 heavy (non-hydrogen) atoms. The number of likely N-dealkylation sites (N-methyl/N-ethyl adjacent to an activating group) is 1. The van der Waals surface area contributed by atoms with Gasteiger partial charge in [-0.2, -0.15) is 5.10 Å². The summed E-state index contributed by atoms with van der Waals surface area (Å²) in [7, 11) is 2.10. The quantitative estimate of drug-likeness (QED) is 0.688. The first kappa shape index (κ1) is 20.4. The van der Waals surface area contributed by atoms with Gasteiger partial charge in [-0.1, -0.05) is 61.4 Å². The number of carbonyl (C=O) groups is 1. The lowest BCUT2D eigenvalue weighted by atomic mass is 10.1. The number of quaternary nitrogens is 1. The van der Waals surface area contributed by atoms with Gasteiger partial charge in [-0.05, 0) is 25.0 Å². The smallest absolute Gasteiger partial charge is 0.277 e. The van der Waals surface area contributed by atoms with Gasteiger partial charge in [-0.25, -0.2) is 4.68 Å². The highest BCUT2D eigenvalue weighted by molar-refractivity contribution is 5.77. The van der Waals surface area contributed by atoms with Crippen LogP contribution in [0.3, 0.4) is 0 Å². The molecule has 0 aliphatic carbocycles. The maximum absolute atomic E-state index is 12.8. The Bertz CT molecular complexity index is 944. The molecule has 1 aromatic heterocycles.